The Hall–Kier alpha value is -0.910. The molecule has 0 fully saturated rings. The molecule has 0 aliphatic rings. The Morgan fingerprint density at radius 3 is 2.68 bits per heavy atom. The van der Waals surface area contributed by atoms with Crippen molar-refractivity contribution in [1.29, 1.82) is 0 Å². The van der Waals surface area contributed by atoms with Crippen LogP contribution < -0.4 is 14.8 Å². The fourth-order valence-electron chi connectivity index (χ4n) is 1.59. The van der Waals surface area contributed by atoms with Gasteiger partial charge in [-0.3, -0.25) is 0 Å². The van der Waals surface area contributed by atoms with E-state index in [1.165, 1.54) is 5.56 Å². The molecule has 5 heteroatoms. The van der Waals surface area contributed by atoms with Crippen molar-refractivity contribution in [2.24, 2.45) is 0 Å². The van der Waals surface area contributed by atoms with Gasteiger partial charge in [0, 0.05) is 26.0 Å². The first kappa shape index (κ1) is 16.1. The van der Waals surface area contributed by atoms with Gasteiger partial charge < -0.3 is 19.5 Å². The normalized spacial score (nSPS) is 10.5. The molecule has 0 aliphatic heterocycles. The molecule has 1 aromatic carbocycles. The van der Waals surface area contributed by atoms with E-state index in [0.29, 0.717) is 13.2 Å². The predicted octanol–water partition coefficient (Wildman–Crippen LogP) is 2.17. The molecule has 0 atom stereocenters. The second-order valence-corrected chi connectivity index (χ2v) is 4.98. The Morgan fingerprint density at radius 1 is 1.16 bits per heavy atom. The maximum atomic E-state index is 5.74. The van der Waals surface area contributed by atoms with Gasteiger partial charge in [-0.05, 0) is 24.0 Å². The van der Waals surface area contributed by atoms with E-state index >= 15 is 0 Å². The van der Waals surface area contributed by atoms with Gasteiger partial charge in [0.25, 0.3) is 0 Å². The summed E-state index contributed by atoms with van der Waals surface area (Å²) in [7, 11) is 3.36. The minimum atomic E-state index is 0.693. The maximum Gasteiger partial charge on any atom is 0.161 e. The third kappa shape index (κ3) is 6.18. The molecule has 0 aliphatic carbocycles. The van der Waals surface area contributed by atoms with E-state index in [1.54, 1.807) is 26.0 Å². The molecule has 0 heterocycles. The van der Waals surface area contributed by atoms with E-state index in [4.69, 9.17) is 14.2 Å². The van der Waals surface area contributed by atoms with Crippen LogP contribution >= 0.6 is 11.8 Å². The number of rotatable bonds is 10. The summed E-state index contributed by atoms with van der Waals surface area (Å²) in [5, 5.41) is 3.31. The van der Waals surface area contributed by atoms with Crippen molar-refractivity contribution in [3.63, 3.8) is 0 Å². The van der Waals surface area contributed by atoms with E-state index in [9.17, 15) is 0 Å². The van der Waals surface area contributed by atoms with Crippen LogP contribution in [0.25, 0.3) is 0 Å². The molecule has 0 unspecified atom stereocenters. The van der Waals surface area contributed by atoms with Crippen LogP contribution in [0.3, 0.4) is 0 Å². The Labute approximate surface area is 119 Å². The average Bonchev–Trinajstić information content (AvgIpc) is 2.44. The standard InChI is InChI=1S/C14H23NO3S/c1-16-7-6-15-11-12-4-5-13(17-2)14(10-12)18-8-9-19-3/h4-5,10,15H,6-9,11H2,1-3H3. The van der Waals surface area contributed by atoms with Gasteiger partial charge in [0.1, 0.15) is 0 Å². The van der Waals surface area contributed by atoms with Crippen molar-refractivity contribution < 1.29 is 14.2 Å². The second kappa shape index (κ2) is 9.95. The highest BCUT2D eigenvalue weighted by Crippen LogP contribution is 2.28. The molecule has 0 aromatic heterocycles. The van der Waals surface area contributed by atoms with Gasteiger partial charge >= 0.3 is 0 Å². The highest BCUT2D eigenvalue weighted by atomic mass is 32.2. The third-order valence-corrected chi connectivity index (χ3v) is 3.16. The minimum absolute atomic E-state index is 0.693. The zero-order chi connectivity index (χ0) is 13.9. The summed E-state index contributed by atoms with van der Waals surface area (Å²) in [4.78, 5) is 0. The highest BCUT2D eigenvalue weighted by molar-refractivity contribution is 7.98. The van der Waals surface area contributed by atoms with Crippen molar-refractivity contribution in [3.05, 3.63) is 23.8 Å². The molecule has 0 radical (unpaired) electrons. The van der Waals surface area contributed by atoms with Gasteiger partial charge in [-0.2, -0.15) is 11.8 Å². The van der Waals surface area contributed by atoms with Crippen LogP contribution in [0.1, 0.15) is 5.56 Å². The second-order valence-electron chi connectivity index (χ2n) is 4.00. The SMILES string of the molecule is COCCNCc1ccc(OC)c(OCCSC)c1. The summed E-state index contributed by atoms with van der Waals surface area (Å²) in [5.74, 6) is 2.56. The molecular formula is C14H23NO3S. The number of methoxy groups -OCH3 is 2. The van der Waals surface area contributed by atoms with Crippen molar-refractivity contribution >= 4 is 11.8 Å². The van der Waals surface area contributed by atoms with Crippen LogP contribution in [0.2, 0.25) is 0 Å². The largest absolute Gasteiger partial charge is 0.493 e. The first-order valence-corrected chi connectivity index (χ1v) is 7.69. The summed E-state index contributed by atoms with van der Waals surface area (Å²) in [6, 6.07) is 6.01. The van der Waals surface area contributed by atoms with Crippen LogP contribution in [-0.4, -0.2) is 46.0 Å². The minimum Gasteiger partial charge on any atom is -0.493 e. The quantitative estimate of drug-likeness (QED) is 0.667. The van der Waals surface area contributed by atoms with Gasteiger partial charge in [-0.25, -0.2) is 0 Å². The lowest BCUT2D eigenvalue weighted by molar-refractivity contribution is 0.199. The lowest BCUT2D eigenvalue weighted by atomic mass is 10.2. The highest BCUT2D eigenvalue weighted by Gasteiger charge is 2.05. The molecule has 1 N–H and O–H groups in total. The average molecular weight is 285 g/mol. The van der Waals surface area contributed by atoms with Crippen molar-refractivity contribution in [1.82, 2.24) is 5.32 Å². The number of hydrogen-bond acceptors (Lipinski definition) is 5. The van der Waals surface area contributed by atoms with Crippen molar-refractivity contribution in [3.8, 4) is 11.5 Å². The molecule has 1 aromatic rings. The summed E-state index contributed by atoms with van der Waals surface area (Å²) < 4.78 is 16.0. The van der Waals surface area contributed by atoms with Crippen LogP contribution in [0.5, 0.6) is 11.5 Å². The van der Waals surface area contributed by atoms with Gasteiger partial charge in [-0.15, -0.1) is 0 Å². The zero-order valence-corrected chi connectivity index (χ0v) is 12.7. The monoisotopic (exact) mass is 285 g/mol. The van der Waals surface area contributed by atoms with E-state index in [-0.39, 0.29) is 0 Å². The van der Waals surface area contributed by atoms with Crippen LogP contribution in [0, 0.1) is 0 Å². The topological polar surface area (TPSA) is 39.7 Å². The number of hydrogen-bond donors (Lipinski definition) is 1. The maximum absolute atomic E-state index is 5.74. The van der Waals surface area contributed by atoms with E-state index in [2.05, 4.69) is 11.6 Å². The fraction of sp³-hybridized carbons (Fsp3) is 0.571. The number of ether oxygens (including phenoxy) is 3. The van der Waals surface area contributed by atoms with Crippen molar-refractivity contribution in [2.45, 2.75) is 6.54 Å². The van der Waals surface area contributed by atoms with E-state index in [1.807, 2.05) is 18.2 Å². The Bertz CT molecular complexity index is 361. The van der Waals surface area contributed by atoms with Crippen molar-refractivity contribution in [2.75, 3.05) is 46.0 Å². The van der Waals surface area contributed by atoms with Gasteiger partial charge in [0.2, 0.25) is 0 Å². The molecule has 4 nitrogen and oxygen atoms in total. The smallest absolute Gasteiger partial charge is 0.161 e. The van der Waals surface area contributed by atoms with Crippen LogP contribution in [0.4, 0.5) is 0 Å². The molecule has 0 spiro atoms. The molecule has 0 amide bonds. The number of thioether (sulfide) groups is 1. The molecule has 108 valence electrons. The summed E-state index contributed by atoms with van der Waals surface area (Å²) in [6.45, 7) is 3.04. The third-order valence-electron chi connectivity index (χ3n) is 2.59. The molecule has 1 rings (SSSR count). The predicted molar refractivity (Wildman–Crippen MR) is 80.5 cm³/mol. The summed E-state index contributed by atoms with van der Waals surface area (Å²) in [6.07, 6.45) is 2.07. The lowest BCUT2D eigenvalue weighted by Gasteiger charge is -2.12. The van der Waals surface area contributed by atoms with Crippen LogP contribution in [0.15, 0.2) is 18.2 Å². The zero-order valence-electron chi connectivity index (χ0n) is 11.9. The summed E-state index contributed by atoms with van der Waals surface area (Å²) >= 11 is 1.77. The lowest BCUT2D eigenvalue weighted by Crippen LogP contribution is -2.18. The van der Waals surface area contributed by atoms with Gasteiger partial charge in [0.15, 0.2) is 11.5 Å². The molecule has 0 saturated heterocycles. The Balaban J connectivity index is 2.55. The first-order chi connectivity index (χ1) is 9.31. The van der Waals surface area contributed by atoms with E-state index in [0.717, 1.165) is 30.3 Å². The Kier molecular flexibility index (Phi) is 8.45. The summed E-state index contributed by atoms with van der Waals surface area (Å²) in [5.41, 5.74) is 1.18. The van der Waals surface area contributed by atoms with Crippen LogP contribution in [-0.2, 0) is 11.3 Å². The molecule has 19 heavy (non-hydrogen) atoms. The molecular weight excluding hydrogens is 262 g/mol. The number of nitrogens with one attached hydrogen (secondary N) is 1. The number of benzene rings is 1. The molecule has 0 bridgehead atoms. The van der Waals surface area contributed by atoms with Gasteiger partial charge in [0.05, 0.1) is 20.3 Å². The first-order valence-electron chi connectivity index (χ1n) is 6.30. The van der Waals surface area contributed by atoms with Gasteiger partial charge in [-0.1, -0.05) is 6.07 Å². The van der Waals surface area contributed by atoms with E-state index < -0.39 is 0 Å². The Morgan fingerprint density at radius 2 is 2.00 bits per heavy atom. The fourth-order valence-corrected chi connectivity index (χ4v) is 1.84. The molecule has 0 saturated carbocycles.